The highest BCUT2D eigenvalue weighted by Gasteiger charge is 2.53. The van der Waals surface area contributed by atoms with Crippen LogP contribution in [0.25, 0.3) is 0 Å². The van der Waals surface area contributed by atoms with E-state index >= 15 is 8.78 Å². The summed E-state index contributed by atoms with van der Waals surface area (Å²) in [6.07, 6.45) is 33.6. The predicted molar refractivity (Wildman–Crippen MR) is 214 cm³/mol. The zero-order valence-electron chi connectivity index (χ0n) is 34.5. The molecule has 0 radical (unpaired) electrons. The molecule has 0 rings (SSSR count). The third-order valence-electron chi connectivity index (χ3n) is 9.99. The number of unbranched alkanes of at least 4 members (excludes halogenated alkanes) is 26. The van der Waals surface area contributed by atoms with Crippen molar-refractivity contribution in [3.8, 4) is 0 Å². The zero-order chi connectivity index (χ0) is 39.0. The van der Waals surface area contributed by atoms with E-state index in [2.05, 4.69) is 19.2 Å². The molecule has 0 saturated carbocycles. The van der Waals surface area contributed by atoms with Gasteiger partial charge in [0.15, 0.2) is 0 Å². The lowest BCUT2D eigenvalue weighted by atomic mass is 10.0. The Bertz CT molecular complexity index is 915. The number of likely N-dealkylation sites (N-methyl/N-ethyl adjacent to an activating group) is 1. The summed E-state index contributed by atoms with van der Waals surface area (Å²) in [5.41, 5.74) is -4.50. The molecule has 7 nitrogen and oxygen atoms in total. The number of amides is 1. The Balaban J connectivity index is 4.71. The van der Waals surface area contributed by atoms with Crippen LogP contribution in [0.2, 0.25) is 0 Å². The molecule has 0 heterocycles. The number of nitrogens with zero attached hydrogens (tertiary/aromatic N) is 1. The lowest BCUT2D eigenvalue weighted by Crippen LogP contribution is -2.55. The Hall–Kier alpha value is -0.860. The van der Waals surface area contributed by atoms with Crippen LogP contribution in [-0.4, -0.2) is 67.6 Å². The van der Waals surface area contributed by atoms with Crippen molar-refractivity contribution in [2.75, 3.05) is 34.3 Å². The lowest BCUT2D eigenvalue weighted by molar-refractivity contribution is -0.870. The van der Waals surface area contributed by atoms with Crippen LogP contribution >= 0.6 is 7.60 Å². The van der Waals surface area contributed by atoms with Crippen LogP contribution < -0.4 is 10.2 Å². The average Bonchev–Trinajstić information content (AvgIpc) is 3.08. The average molecular weight is 765 g/mol. The third kappa shape index (κ3) is 28.6. The Labute approximate surface area is 319 Å². The quantitative estimate of drug-likeness (QED) is 0.0282. The number of carbonyl (C=O) groups excluding carboxylic acids is 1. The van der Waals surface area contributed by atoms with Gasteiger partial charge in [-0.25, -0.2) is 0 Å². The van der Waals surface area contributed by atoms with Crippen LogP contribution in [0.1, 0.15) is 200 Å². The minimum atomic E-state index is -5.79. The van der Waals surface area contributed by atoms with Gasteiger partial charge in [-0.05, 0) is 19.3 Å². The minimum absolute atomic E-state index is 0.00829. The first kappa shape index (κ1) is 51.1. The SMILES string of the molecule is CCCCCCCCCCCCCC/C=C\[C@@H](O)[C@@H](NC(=O)CCCCCCCCCCCCCCCCC)C(F)(F)P(=O)([O-])OCC[N+](C)(C)C. The normalized spacial score (nSPS) is 14.9. The number of aliphatic hydroxyl groups is 1. The molecule has 1 unspecified atom stereocenters. The second-order valence-corrected chi connectivity index (χ2v) is 18.1. The molecule has 0 aromatic carbocycles. The van der Waals surface area contributed by atoms with Gasteiger partial charge >= 0.3 is 5.66 Å². The third-order valence-corrected chi connectivity index (χ3v) is 11.5. The van der Waals surface area contributed by atoms with E-state index in [1.807, 2.05) is 0 Å². The van der Waals surface area contributed by atoms with Gasteiger partial charge in [0, 0.05) is 6.42 Å². The zero-order valence-corrected chi connectivity index (χ0v) is 35.4. The highest BCUT2D eigenvalue weighted by molar-refractivity contribution is 7.52. The summed E-state index contributed by atoms with van der Waals surface area (Å²) in [4.78, 5) is 25.5. The first-order valence-corrected chi connectivity index (χ1v) is 23.1. The van der Waals surface area contributed by atoms with Crippen molar-refractivity contribution in [2.24, 2.45) is 0 Å². The molecule has 52 heavy (non-hydrogen) atoms. The van der Waals surface area contributed by atoms with Crippen molar-refractivity contribution < 1.29 is 37.1 Å². The van der Waals surface area contributed by atoms with Crippen molar-refractivity contribution in [3.05, 3.63) is 12.2 Å². The maximum absolute atomic E-state index is 15.6. The number of halogens is 2. The molecule has 0 bridgehead atoms. The molecule has 0 aliphatic rings. The van der Waals surface area contributed by atoms with Crippen LogP contribution in [-0.2, 0) is 13.9 Å². The number of aliphatic hydroxyl groups excluding tert-OH is 1. The standard InChI is InChI=1S/C42H83F2N2O5P/c1-6-8-10-12-14-16-18-20-22-24-26-28-30-32-34-36-40(48)45-41(42(43,44)52(49,50)51-38-37-46(3,4)5)39(47)35-33-31-29-27-25-23-21-19-17-15-13-11-9-7-2/h33,35,39,41,47H,6-32,34,36-38H2,1-5H3,(H-,45,48,49,50)/b35-33-/t39-,41-/m1/s1. The van der Waals surface area contributed by atoms with Crippen molar-refractivity contribution >= 4 is 13.5 Å². The fraction of sp³-hybridized carbons (Fsp3) is 0.929. The van der Waals surface area contributed by atoms with Crippen molar-refractivity contribution in [1.82, 2.24) is 5.32 Å². The predicted octanol–water partition coefficient (Wildman–Crippen LogP) is 11.6. The molecule has 1 amide bonds. The van der Waals surface area contributed by atoms with E-state index in [4.69, 9.17) is 4.52 Å². The molecular weight excluding hydrogens is 681 g/mol. The summed E-state index contributed by atoms with van der Waals surface area (Å²) in [5, 5.41) is 13.0. The monoisotopic (exact) mass is 765 g/mol. The highest BCUT2D eigenvalue weighted by atomic mass is 31.2. The first-order chi connectivity index (χ1) is 24.8. The highest BCUT2D eigenvalue weighted by Crippen LogP contribution is 2.56. The summed E-state index contributed by atoms with van der Waals surface area (Å²) < 4.78 is 49.0. The molecule has 0 aromatic heterocycles. The van der Waals surface area contributed by atoms with Gasteiger partial charge in [0.25, 0.3) is 0 Å². The summed E-state index contributed by atoms with van der Waals surface area (Å²) >= 11 is 0. The molecule has 3 atom stereocenters. The van der Waals surface area contributed by atoms with E-state index in [0.29, 0.717) is 17.3 Å². The first-order valence-electron chi connectivity index (χ1n) is 21.6. The number of quaternary nitrogens is 1. The van der Waals surface area contributed by atoms with Gasteiger partial charge < -0.3 is 28.9 Å². The number of hydrogen-bond acceptors (Lipinski definition) is 5. The maximum Gasteiger partial charge on any atom is 0.331 e. The number of rotatable bonds is 38. The minimum Gasteiger partial charge on any atom is -0.774 e. The van der Waals surface area contributed by atoms with Gasteiger partial charge in [-0.2, -0.15) is 8.78 Å². The van der Waals surface area contributed by atoms with E-state index in [1.54, 1.807) is 27.2 Å². The van der Waals surface area contributed by atoms with Gasteiger partial charge in [0.2, 0.25) is 13.5 Å². The van der Waals surface area contributed by atoms with Gasteiger partial charge in [-0.1, -0.05) is 187 Å². The second-order valence-electron chi connectivity index (χ2n) is 16.3. The van der Waals surface area contributed by atoms with Crippen LogP contribution in [0.4, 0.5) is 8.78 Å². The summed E-state index contributed by atoms with van der Waals surface area (Å²) in [6.45, 7) is 4.24. The summed E-state index contributed by atoms with van der Waals surface area (Å²) in [5.74, 6) is -0.695. The number of nitrogens with one attached hydrogen (secondary N) is 1. The van der Waals surface area contributed by atoms with Crippen LogP contribution in [0.3, 0.4) is 0 Å². The lowest BCUT2D eigenvalue weighted by Gasteiger charge is -2.38. The van der Waals surface area contributed by atoms with Gasteiger partial charge in [0.1, 0.15) is 19.2 Å². The van der Waals surface area contributed by atoms with Gasteiger partial charge in [0.05, 0.1) is 27.2 Å². The van der Waals surface area contributed by atoms with Crippen LogP contribution in [0, 0.1) is 0 Å². The Morgan fingerprint density at radius 3 is 1.46 bits per heavy atom. The van der Waals surface area contributed by atoms with Gasteiger partial charge in [-0.3, -0.25) is 4.79 Å². The number of hydrogen-bond donors (Lipinski definition) is 2. The molecule has 310 valence electrons. The van der Waals surface area contributed by atoms with E-state index in [9.17, 15) is 19.4 Å². The van der Waals surface area contributed by atoms with Crippen molar-refractivity contribution in [3.63, 3.8) is 0 Å². The van der Waals surface area contributed by atoms with E-state index < -0.39 is 37.9 Å². The molecule has 0 aliphatic carbocycles. The van der Waals surface area contributed by atoms with Crippen LogP contribution in [0.5, 0.6) is 0 Å². The Morgan fingerprint density at radius 1 is 0.712 bits per heavy atom. The fourth-order valence-corrected chi connectivity index (χ4v) is 7.47. The molecule has 0 fully saturated rings. The molecule has 2 N–H and O–H groups in total. The van der Waals surface area contributed by atoms with Gasteiger partial charge in [-0.15, -0.1) is 0 Å². The molecule has 0 aromatic rings. The summed E-state index contributed by atoms with van der Waals surface area (Å²) in [7, 11) is -0.401. The second kappa shape index (κ2) is 32.4. The topological polar surface area (TPSA) is 98.7 Å². The Kier molecular flexibility index (Phi) is 31.9. The largest absolute Gasteiger partial charge is 0.774 e. The van der Waals surface area contributed by atoms with E-state index in [0.717, 1.165) is 44.9 Å². The molecule has 0 saturated heterocycles. The van der Waals surface area contributed by atoms with E-state index in [1.165, 1.54) is 128 Å². The van der Waals surface area contributed by atoms with Crippen LogP contribution in [0.15, 0.2) is 12.2 Å². The summed E-state index contributed by atoms with van der Waals surface area (Å²) in [6, 6.07) is -2.35. The van der Waals surface area contributed by atoms with E-state index in [-0.39, 0.29) is 13.0 Å². The molecule has 0 spiro atoms. The number of alkyl halides is 2. The Morgan fingerprint density at radius 2 is 1.08 bits per heavy atom. The molecule has 10 heteroatoms. The molecular formula is C42H83F2N2O5P. The maximum atomic E-state index is 15.6. The smallest absolute Gasteiger partial charge is 0.331 e. The molecule has 0 aliphatic heterocycles. The van der Waals surface area contributed by atoms with Crippen molar-refractivity contribution in [1.29, 1.82) is 0 Å². The number of carbonyl (C=O) groups is 1. The number of allylic oxidation sites excluding steroid dienone is 1. The fourth-order valence-electron chi connectivity index (χ4n) is 6.42. The van der Waals surface area contributed by atoms with Crippen molar-refractivity contribution in [2.45, 2.75) is 218 Å².